The van der Waals surface area contributed by atoms with Gasteiger partial charge in [0.25, 0.3) is 0 Å². The second-order valence-corrected chi connectivity index (χ2v) is 7.56. The number of pyridine rings is 1. The standard InChI is InChI=1S/C16H15F3N2O4S/c1-24-12-3-2-4-14(8-12)26(22,23)21-9-13(10-21)25-15-7-11(5-6-20-15)16(17,18)19/h2-8,13H,9-10H2,1H3. The number of ether oxygens (including phenoxy) is 2. The van der Waals surface area contributed by atoms with Crippen molar-refractivity contribution in [3.63, 3.8) is 0 Å². The van der Waals surface area contributed by atoms with Crippen molar-refractivity contribution in [2.75, 3.05) is 20.2 Å². The van der Waals surface area contributed by atoms with E-state index in [2.05, 4.69) is 4.98 Å². The molecule has 0 spiro atoms. The van der Waals surface area contributed by atoms with Crippen molar-refractivity contribution in [3.8, 4) is 11.6 Å². The van der Waals surface area contributed by atoms with E-state index in [1.807, 2.05) is 0 Å². The molecule has 0 atom stereocenters. The van der Waals surface area contributed by atoms with Crippen molar-refractivity contribution in [3.05, 3.63) is 48.2 Å². The van der Waals surface area contributed by atoms with Crippen LogP contribution in [0.2, 0.25) is 0 Å². The van der Waals surface area contributed by atoms with E-state index in [1.165, 1.54) is 23.5 Å². The maximum atomic E-state index is 12.7. The molecular weight excluding hydrogens is 373 g/mol. The van der Waals surface area contributed by atoms with Crippen molar-refractivity contribution >= 4 is 10.0 Å². The molecule has 2 aromatic rings. The number of aromatic nitrogens is 1. The Morgan fingerprint density at radius 3 is 2.58 bits per heavy atom. The van der Waals surface area contributed by atoms with Gasteiger partial charge in [0.05, 0.1) is 30.7 Å². The molecule has 2 heterocycles. The van der Waals surface area contributed by atoms with Crippen LogP contribution in [0, 0.1) is 0 Å². The molecule has 1 aliphatic heterocycles. The van der Waals surface area contributed by atoms with E-state index in [4.69, 9.17) is 9.47 Å². The van der Waals surface area contributed by atoms with Gasteiger partial charge in [0.2, 0.25) is 15.9 Å². The molecule has 0 unspecified atom stereocenters. The Balaban J connectivity index is 1.65. The Bertz CT molecular complexity index is 896. The van der Waals surface area contributed by atoms with Gasteiger partial charge in [-0.05, 0) is 18.2 Å². The molecule has 0 aliphatic carbocycles. The third kappa shape index (κ3) is 3.75. The maximum absolute atomic E-state index is 12.7. The topological polar surface area (TPSA) is 68.7 Å². The Morgan fingerprint density at radius 1 is 1.19 bits per heavy atom. The lowest BCUT2D eigenvalue weighted by atomic mass is 10.2. The van der Waals surface area contributed by atoms with Gasteiger partial charge < -0.3 is 9.47 Å². The van der Waals surface area contributed by atoms with Crippen molar-refractivity contribution in [2.45, 2.75) is 17.2 Å². The van der Waals surface area contributed by atoms with Crippen LogP contribution < -0.4 is 9.47 Å². The van der Waals surface area contributed by atoms with E-state index < -0.39 is 27.9 Å². The van der Waals surface area contributed by atoms with Crippen LogP contribution in [0.15, 0.2) is 47.5 Å². The Labute approximate surface area is 148 Å². The summed E-state index contributed by atoms with van der Waals surface area (Å²) in [5.41, 5.74) is -0.873. The summed E-state index contributed by atoms with van der Waals surface area (Å²) >= 11 is 0. The molecule has 0 N–H and O–H groups in total. The predicted molar refractivity (Wildman–Crippen MR) is 85.4 cm³/mol. The van der Waals surface area contributed by atoms with Crippen LogP contribution in [0.1, 0.15) is 5.56 Å². The first-order chi connectivity index (χ1) is 12.2. The van der Waals surface area contributed by atoms with Crippen molar-refractivity contribution in [1.82, 2.24) is 9.29 Å². The van der Waals surface area contributed by atoms with E-state index >= 15 is 0 Å². The number of sulfonamides is 1. The highest BCUT2D eigenvalue weighted by atomic mass is 32.2. The molecule has 3 rings (SSSR count). The Kier molecular flexibility index (Phi) is 4.80. The lowest BCUT2D eigenvalue weighted by molar-refractivity contribution is -0.137. The molecule has 1 aliphatic rings. The summed E-state index contributed by atoms with van der Waals surface area (Å²) in [4.78, 5) is 3.81. The van der Waals surface area contributed by atoms with Gasteiger partial charge in [-0.15, -0.1) is 0 Å². The fraction of sp³-hybridized carbons (Fsp3) is 0.312. The van der Waals surface area contributed by atoms with E-state index in [9.17, 15) is 21.6 Å². The van der Waals surface area contributed by atoms with Gasteiger partial charge in [-0.25, -0.2) is 13.4 Å². The number of nitrogens with zero attached hydrogens (tertiary/aromatic N) is 2. The average molecular weight is 388 g/mol. The van der Waals surface area contributed by atoms with Gasteiger partial charge >= 0.3 is 6.18 Å². The summed E-state index contributed by atoms with van der Waals surface area (Å²) in [5, 5.41) is 0. The molecular formula is C16H15F3N2O4S. The Morgan fingerprint density at radius 2 is 1.92 bits per heavy atom. The zero-order chi connectivity index (χ0) is 18.9. The number of hydrogen-bond acceptors (Lipinski definition) is 5. The number of rotatable bonds is 5. The minimum atomic E-state index is -4.50. The quantitative estimate of drug-likeness (QED) is 0.788. The molecule has 10 heteroatoms. The summed E-state index contributed by atoms with van der Waals surface area (Å²) in [7, 11) is -2.29. The largest absolute Gasteiger partial charge is 0.497 e. The molecule has 6 nitrogen and oxygen atoms in total. The number of methoxy groups -OCH3 is 1. The third-order valence-corrected chi connectivity index (χ3v) is 5.67. The number of halogens is 3. The first kappa shape index (κ1) is 18.5. The SMILES string of the molecule is COc1cccc(S(=O)(=O)N2CC(Oc3cc(C(F)(F)F)ccn3)C2)c1. The normalized spacial score (nSPS) is 16.2. The molecule has 140 valence electrons. The molecule has 0 radical (unpaired) electrons. The summed E-state index contributed by atoms with van der Waals surface area (Å²) < 4.78 is 74.6. The van der Waals surface area contributed by atoms with Gasteiger partial charge in [-0.3, -0.25) is 0 Å². The predicted octanol–water partition coefficient (Wildman–Crippen LogP) is 2.56. The molecule has 1 saturated heterocycles. The molecule has 0 saturated carbocycles. The molecule has 26 heavy (non-hydrogen) atoms. The van der Waals surface area contributed by atoms with Crippen molar-refractivity contribution < 1.29 is 31.1 Å². The summed E-state index contributed by atoms with van der Waals surface area (Å²) in [6, 6.07) is 7.66. The number of benzene rings is 1. The minimum Gasteiger partial charge on any atom is -0.497 e. The second kappa shape index (κ2) is 6.76. The van der Waals surface area contributed by atoms with Gasteiger partial charge in [0, 0.05) is 18.3 Å². The fourth-order valence-electron chi connectivity index (χ4n) is 2.40. The number of hydrogen-bond donors (Lipinski definition) is 0. The fourth-order valence-corrected chi connectivity index (χ4v) is 3.94. The smallest absolute Gasteiger partial charge is 0.416 e. The van der Waals surface area contributed by atoms with E-state index in [-0.39, 0.29) is 23.9 Å². The van der Waals surface area contributed by atoms with Gasteiger partial charge in [-0.2, -0.15) is 17.5 Å². The molecule has 0 bridgehead atoms. The lowest BCUT2D eigenvalue weighted by Crippen LogP contribution is -2.56. The second-order valence-electron chi connectivity index (χ2n) is 5.62. The highest BCUT2D eigenvalue weighted by molar-refractivity contribution is 7.89. The molecule has 1 aromatic heterocycles. The van der Waals surface area contributed by atoms with Crippen LogP contribution in [0.25, 0.3) is 0 Å². The van der Waals surface area contributed by atoms with Crippen LogP contribution in [0.4, 0.5) is 13.2 Å². The van der Waals surface area contributed by atoms with Crippen LogP contribution in [0.5, 0.6) is 11.6 Å². The van der Waals surface area contributed by atoms with Crippen LogP contribution in [0.3, 0.4) is 0 Å². The zero-order valence-electron chi connectivity index (χ0n) is 13.6. The van der Waals surface area contributed by atoms with E-state index in [1.54, 1.807) is 12.1 Å². The first-order valence-corrected chi connectivity index (χ1v) is 8.98. The highest BCUT2D eigenvalue weighted by Crippen LogP contribution is 2.31. The van der Waals surface area contributed by atoms with Gasteiger partial charge in [0.1, 0.15) is 11.9 Å². The van der Waals surface area contributed by atoms with Crippen molar-refractivity contribution in [1.29, 1.82) is 0 Å². The van der Waals surface area contributed by atoms with E-state index in [0.29, 0.717) is 5.75 Å². The summed E-state index contributed by atoms with van der Waals surface area (Å²) in [6.07, 6.45) is -4.06. The van der Waals surface area contributed by atoms with Crippen LogP contribution in [-0.2, 0) is 16.2 Å². The van der Waals surface area contributed by atoms with E-state index in [0.717, 1.165) is 18.3 Å². The van der Waals surface area contributed by atoms with Crippen LogP contribution >= 0.6 is 0 Å². The van der Waals surface area contributed by atoms with Gasteiger partial charge in [0.15, 0.2) is 0 Å². The monoisotopic (exact) mass is 388 g/mol. The zero-order valence-corrected chi connectivity index (χ0v) is 14.4. The lowest BCUT2D eigenvalue weighted by Gasteiger charge is -2.37. The molecule has 1 fully saturated rings. The highest BCUT2D eigenvalue weighted by Gasteiger charge is 2.39. The first-order valence-electron chi connectivity index (χ1n) is 7.54. The third-order valence-electron chi connectivity index (χ3n) is 3.84. The Hall–Kier alpha value is -2.33. The maximum Gasteiger partial charge on any atom is 0.416 e. The average Bonchev–Trinajstić information content (AvgIpc) is 2.57. The summed E-state index contributed by atoms with van der Waals surface area (Å²) in [6.45, 7) is 0.0505. The van der Waals surface area contributed by atoms with Crippen molar-refractivity contribution in [2.24, 2.45) is 0 Å². The minimum absolute atomic E-state index is 0.0253. The number of alkyl halides is 3. The van der Waals surface area contributed by atoms with Crippen LogP contribution in [-0.4, -0.2) is 44.0 Å². The van der Waals surface area contributed by atoms with Gasteiger partial charge in [-0.1, -0.05) is 6.07 Å². The molecule has 1 aromatic carbocycles. The molecule has 0 amide bonds. The summed E-state index contributed by atoms with van der Waals surface area (Å²) in [5.74, 6) is 0.218.